The van der Waals surface area contributed by atoms with Crippen LogP contribution in [0.2, 0.25) is 0 Å². The third-order valence-corrected chi connectivity index (χ3v) is 3.18. The Labute approximate surface area is 105 Å². The minimum Gasteiger partial charge on any atom is -0.348 e. The fourth-order valence-electron chi connectivity index (χ4n) is 2.29. The topological polar surface area (TPSA) is 67.7 Å². The highest BCUT2D eigenvalue weighted by Gasteiger charge is 2.18. The van der Waals surface area contributed by atoms with E-state index in [1.54, 1.807) is 18.5 Å². The molecule has 0 bridgehead atoms. The first-order chi connectivity index (χ1) is 8.84. The number of nitrogens with one attached hydrogen (secondary N) is 2. The molecule has 0 saturated heterocycles. The summed E-state index contributed by atoms with van der Waals surface area (Å²) in [4.78, 5) is 8.29. The Balaban J connectivity index is 1.77. The molecule has 1 aliphatic rings. The third kappa shape index (κ3) is 2.06. The molecule has 3 rings (SSSR count). The van der Waals surface area contributed by atoms with Crippen molar-refractivity contribution in [2.24, 2.45) is 7.05 Å². The van der Waals surface area contributed by atoms with Gasteiger partial charge in [0.15, 0.2) is 0 Å². The molecule has 2 aromatic heterocycles. The van der Waals surface area contributed by atoms with Gasteiger partial charge in [0.1, 0.15) is 0 Å². The number of rotatable bonds is 3. The van der Waals surface area contributed by atoms with Crippen molar-refractivity contribution in [2.45, 2.75) is 19.5 Å². The second-order valence-electron chi connectivity index (χ2n) is 4.35. The van der Waals surface area contributed by atoms with Gasteiger partial charge < -0.3 is 10.6 Å². The number of hydrogen-bond acceptors (Lipinski definition) is 5. The molecule has 0 saturated carbocycles. The van der Waals surface area contributed by atoms with Crippen molar-refractivity contribution in [1.82, 2.24) is 25.1 Å². The van der Waals surface area contributed by atoms with Crippen LogP contribution in [-0.2, 0) is 26.6 Å². The molecule has 1 aliphatic heterocycles. The molecular formula is C12H16N6. The lowest BCUT2D eigenvalue weighted by Gasteiger charge is -2.14. The number of nitrogens with zero attached hydrogens (tertiary/aromatic N) is 4. The summed E-state index contributed by atoms with van der Waals surface area (Å²) >= 11 is 0. The van der Waals surface area contributed by atoms with E-state index in [1.165, 1.54) is 11.3 Å². The minimum absolute atomic E-state index is 0.644. The Morgan fingerprint density at radius 3 is 3.06 bits per heavy atom. The van der Waals surface area contributed by atoms with Gasteiger partial charge in [0.2, 0.25) is 5.95 Å². The molecule has 0 fully saturated rings. The van der Waals surface area contributed by atoms with Crippen LogP contribution in [0.4, 0.5) is 5.95 Å². The second kappa shape index (κ2) is 4.73. The molecule has 0 aliphatic carbocycles. The highest BCUT2D eigenvalue weighted by Crippen LogP contribution is 2.18. The first-order valence-corrected chi connectivity index (χ1v) is 6.10. The Bertz CT molecular complexity index is 533. The molecule has 6 heteroatoms. The zero-order chi connectivity index (χ0) is 12.4. The van der Waals surface area contributed by atoms with Gasteiger partial charge in [0, 0.05) is 31.5 Å². The number of aromatic nitrogens is 4. The Kier molecular flexibility index (Phi) is 2.93. The average Bonchev–Trinajstić information content (AvgIpc) is 2.75. The van der Waals surface area contributed by atoms with E-state index in [4.69, 9.17) is 0 Å². The maximum atomic E-state index is 4.57. The number of hydrogen-bond donors (Lipinski definition) is 2. The van der Waals surface area contributed by atoms with Crippen molar-refractivity contribution < 1.29 is 0 Å². The van der Waals surface area contributed by atoms with Crippen molar-refractivity contribution >= 4 is 5.95 Å². The summed E-state index contributed by atoms with van der Waals surface area (Å²) in [6.45, 7) is 2.60. The monoisotopic (exact) mass is 244 g/mol. The molecule has 0 atom stereocenters. The molecule has 2 aromatic rings. The molecule has 2 N–H and O–H groups in total. The first-order valence-electron chi connectivity index (χ1n) is 6.10. The van der Waals surface area contributed by atoms with Crippen LogP contribution in [0.15, 0.2) is 18.5 Å². The minimum atomic E-state index is 0.644. The largest absolute Gasteiger partial charge is 0.348 e. The number of aryl methyl sites for hydroxylation is 1. The summed E-state index contributed by atoms with van der Waals surface area (Å²) in [5, 5.41) is 11.1. The zero-order valence-corrected chi connectivity index (χ0v) is 10.3. The van der Waals surface area contributed by atoms with Gasteiger partial charge >= 0.3 is 0 Å². The zero-order valence-electron chi connectivity index (χ0n) is 10.3. The Morgan fingerprint density at radius 2 is 2.22 bits per heavy atom. The lowest BCUT2D eigenvalue weighted by Crippen LogP contribution is -2.25. The number of fused-ring (bicyclic) bond motifs is 1. The second-order valence-corrected chi connectivity index (χ2v) is 4.35. The van der Waals surface area contributed by atoms with E-state index in [-0.39, 0.29) is 0 Å². The quantitative estimate of drug-likeness (QED) is 0.821. The van der Waals surface area contributed by atoms with Crippen LogP contribution in [0.3, 0.4) is 0 Å². The van der Waals surface area contributed by atoms with Crippen LogP contribution in [0.25, 0.3) is 0 Å². The summed E-state index contributed by atoms with van der Waals surface area (Å²) < 4.78 is 1.96. The fraction of sp³-hybridized carbons (Fsp3) is 0.417. The van der Waals surface area contributed by atoms with Crippen LogP contribution in [0.5, 0.6) is 0 Å². The van der Waals surface area contributed by atoms with E-state index in [0.717, 1.165) is 25.2 Å². The van der Waals surface area contributed by atoms with Crippen LogP contribution in [-0.4, -0.2) is 26.3 Å². The van der Waals surface area contributed by atoms with Crippen molar-refractivity contribution in [3.8, 4) is 0 Å². The van der Waals surface area contributed by atoms with Crippen molar-refractivity contribution in [1.29, 1.82) is 0 Å². The van der Waals surface area contributed by atoms with Gasteiger partial charge in [-0.25, -0.2) is 9.97 Å². The maximum Gasteiger partial charge on any atom is 0.222 e. The van der Waals surface area contributed by atoms with Gasteiger partial charge in [-0.1, -0.05) is 0 Å². The Hall–Kier alpha value is -1.95. The van der Waals surface area contributed by atoms with Gasteiger partial charge in [-0.3, -0.25) is 4.68 Å². The molecule has 94 valence electrons. The summed E-state index contributed by atoms with van der Waals surface area (Å²) in [5.74, 6) is 0.644. The van der Waals surface area contributed by atoms with Crippen LogP contribution in [0.1, 0.15) is 17.0 Å². The molecule has 0 amide bonds. The SMILES string of the molecule is Cn1nc(CNc2ncccn2)c2c1CNCC2. The highest BCUT2D eigenvalue weighted by molar-refractivity contribution is 5.32. The van der Waals surface area contributed by atoms with E-state index in [9.17, 15) is 0 Å². The van der Waals surface area contributed by atoms with E-state index in [0.29, 0.717) is 12.5 Å². The standard InChI is InChI=1S/C12H16N6/c1-18-11-8-13-6-3-9(11)10(17-18)7-16-12-14-4-2-5-15-12/h2,4-5,13H,3,6-8H2,1H3,(H,14,15,16). The maximum absolute atomic E-state index is 4.57. The van der Waals surface area contributed by atoms with Gasteiger partial charge in [-0.15, -0.1) is 0 Å². The predicted octanol–water partition coefficient (Wildman–Crippen LogP) is 0.468. The molecule has 0 spiro atoms. The van der Waals surface area contributed by atoms with Gasteiger partial charge in [-0.05, 0) is 19.0 Å². The van der Waals surface area contributed by atoms with E-state index >= 15 is 0 Å². The lowest BCUT2D eigenvalue weighted by molar-refractivity contribution is 0.593. The summed E-state index contributed by atoms with van der Waals surface area (Å²) in [5.41, 5.74) is 3.74. The molecule has 0 aromatic carbocycles. The molecule has 0 radical (unpaired) electrons. The Morgan fingerprint density at radius 1 is 1.39 bits per heavy atom. The van der Waals surface area contributed by atoms with Crippen molar-refractivity contribution in [3.63, 3.8) is 0 Å². The fourth-order valence-corrected chi connectivity index (χ4v) is 2.29. The normalized spacial score (nSPS) is 14.3. The van der Waals surface area contributed by atoms with E-state index in [2.05, 4.69) is 25.7 Å². The van der Waals surface area contributed by atoms with Gasteiger partial charge in [-0.2, -0.15) is 5.10 Å². The molecule has 3 heterocycles. The summed E-state index contributed by atoms with van der Waals surface area (Å²) in [7, 11) is 1.99. The third-order valence-electron chi connectivity index (χ3n) is 3.18. The molecular weight excluding hydrogens is 228 g/mol. The first kappa shape index (κ1) is 11.2. The number of anilines is 1. The lowest BCUT2D eigenvalue weighted by atomic mass is 10.1. The van der Waals surface area contributed by atoms with Crippen LogP contribution < -0.4 is 10.6 Å². The van der Waals surface area contributed by atoms with Gasteiger partial charge in [0.05, 0.1) is 17.9 Å². The van der Waals surface area contributed by atoms with E-state index < -0.39 is 0 Å². The van der Waals surface area contributed by atoms with Crippen molar-refractivity contribution in [3.05, 3.63) is 35.4 Å². The molecule has 6 nitrogen and oxygen atoms in total. The van der Waals surface area contributed by atoms with Crippen LogP contribution in [0, 0.1) is 0 Å². The smallest absolute Gasteiger partial charge is 0.222 e. The summed E-state index contributed by atoms with van der Waals surface area (Å²) in [6, 6.07) is 1.81. The summed E-state index contributed by atoms with van der Waals surface area (Å²) in [6.07, 6.45) is 4.50. The van der Waals surface area contributed by atoms with E-state index in [1.807, 2.05) is 11.7 Å². The molecule has 18 heavy (non-hydrogen) atoms. The molecule has 0 unspecified atom stereocenters. The van der Waals surface area contributed by atoms with Crippen molar-refractivity contribution in [2.75, 3.05) is 11.9 Å². The highest BCUT2D eigenvalue weighted by atomic mass is 15.3. The van der Waals surface area contributed by atoms with Crippen LogP contribution >= 0.6 is 0 Å². The average molecular weight is 244 g/mol. The van der Waals surface area contributed by atoms with Gasteiger partial charge in [0.25, 0.3) is 0 Å². The predicted molar refractivity (Wildman–Crippen MR) is 68.0 cm³/mol.